The topological polar surface area (TPSA) is 90.1 Å². The van der Waals surface area contributed by atoms with Gasteiger partial charge in [-0.05, 0) is 54.3 Å². The predicted octanol–water partition coefficient (Wildman–Crippen LogP) is 3.23. The van der Waals surface area contributed by atoms with E-state index in [2.05, 4.69) is 15.5 Å². The van der Waals surface area contributed by atoms with Crippen molar-refractivity contribution in [1.82, 2.24) is 20.2 Å². The second-order valence-corrected chi connectivity index (χ2v) is 8.31. The Balaban J connectivity index is 1.42. The van der Waals surface area contributed by atoms with Gasteiger partial charge in [-0.25, -0.2) is 4.68 Å². The van der Waals surface area contributed by atoms with Crippen molar-refractivity contribution < 1.29 is 14.6 Å². The van der Waals surface area contributed by atoms with Gasteiger partial charge in [-0.3, -0.25) is 0 Å². The van der Waals surface area contributed by atoms with Crippen LogP contribution in [0.1, 0.15) is 57.1 Å². The fraction of sp³-hybridized carbons (Fsp3) is 0.600. The van der Waals surface area contributed by atoms with Gasteiger partial charge in [0.1, 0.15) is 18.1 Å². The molecule has 0 aliphatic heterocycles. The molecule has 1 aliphatic rings. The zero-order chi connectivity index (χ0) is 19.8. The minimum absolute atomic E-state index is 0.190. The molecule has 1 atom stereocenters. The quantitative estimate of drug-likeness (QED) is 0.608. The van der Waals surface area contributed by atoms with Crippen LogP contribution in [0.3, 0.4) is 0 Å². The van der Waals surface area contributed by atoms with E-state index in [1.807, 2.05) is 28.9 Å². The number of carbonyl (C=O) groups excluding carboxylic acids is 1. The Kier molecular flexibility index (Phi) is 7.85. The first-order valence-electron chi connectivity index (χ1n) is 9.91. The summed E-state index contributed by atoms with van der Waals surface area (Å²) in [4.78, 5) is 11.1. The Hall–Kier alpha value is -1.93. The molecule has 1 N–H and O–H groups in total. The summed E-state index contributed by atoms with van der Waals surface area (Å²) in [7, 11) is 0. The zero-order valence-corrected chi connectivity index (χ0v) is 17.1. The van der Waals surface area contributed by atoms with Crippen molar-refractivity contribution in [1.29, 1.82) is 0 Å². The fourth-order valence-corrected chi connectivity index (χ4v) is 4.17. The van der Waals surface area contributed by atoms with E-state index in [0.717, 1.165) is 30.0 Å². The highest BCUT2D eigenvalue weighted by atomic mass is 32.2. The standard InChI is InChI=1S/C20H28N4O3S/c1-15(25)7-8-16-9-11-19(12-10-16)27-13-18(26)14-28-20-21-22-23-24(20)17-5-3-2-4-6-17/h9-12,17-18,26H,2-8,13-14H2,1H3. The van der Waals surface area contributed by atoms with E-state index in [1.165, 1.54) is 31.0 Å². The third-order valence-corrected chi connectivity index (χ3v) is 6.00. The van der Waals surface area contributed by atoms with Crippen molar-refractivity contribution in [2.45, 2.75) is 69.2 Å². The Bertz CT molecular complexity index is 744. The molecule has 152 valence electrons. The number of aromatic nitrogens is 4. The van der Waals surface area contributed by atoms with Crippen molar-refractivity contribution in [2.24, 2.45) is 0 Å². The fourth-order valence-electron chi connectivity index (χ4n) is 3.32. The lowest BCUT2D eigenvalue weighted by atomic mass is 9.96. The number of thioether (sulfide) groups is 1. The molecule has 7 nitrogen and oxygen atoms in total. The molecule has 1 fully saturated rings. The van der Waals surface area contributed by atoms with Crippen molar-refractivity contribution in [3.05, 3.63) is 29.8 Å². The first-order chi connectivity index (χ1) is 13.6. The van der Waals surface area contributed by atoms with Crippen LogP contribution >= 0.6 is 11.8 Å². The second-order valence-electron chi connectivity index (χ2n) is 7.32. The summed E-state index contributed by atoms with van der Waals surface area (Å²) >= 11 is 1.47. The summed E-state index contributed by atoms with van der Waals surface area (Å²) in [5.41, 5.74) is 1.10. The van der Waals surface area contributed by atoms with Gasteiger partial charge in [-0.1, -0.05) is 43.2 Å². The van der Waals surface area contributed by atoms with Crippen LogP contribution in [0, 0.1) is 0 Å². The number of aliphatic hydroxyl groups excluding tert-OH is 1. The molecule has 0 amide bonds. The number of hydrogen-bond acceptors (Lipinski definition) is 7. The minimum atomic E-state index is -0.612. The number of hydrogen-bond donors (Lipinski definition) is 1. The highest BCUT2D eigenvalue weighted by Gasteiger charge is 2.21. The summed E-state index contributed by atoms with van der Waals surface area (Å²) < 4.78 is 7.59. The monoisotopic (exact) mass is 404 g/mol. The van der Waals surface area contributed by atoms with E-state index in [1.54, 1.807) is 6.92 Å². The van der Waals surface area contributed by atoms with Crippen molar-refractivity contribution >= 4 is 17.5 Å². The third kappa shape index (κ3) is 6.31. The summed E-state index contributed by atoms with van der Waals surface area (Å²) in [5.74, 6) is 1.38. The molecular formula is C20H28N4O3S. The SMILES string of the molecule is CC(=O)CCc1ccc(OCC(O)CSc2nnnn2C2CCCCC2)cc1. The number of aryl methyl sites for hydroxylation is 1. The van der Waals surface area contributed by atoms with E-state index in [4.69, 9.17) is 4.74 Å². The van der Waals surface area contributed by atoms with Crippen molar-refractivity contribution in [3.8, 4) is 5.75 Å². The first-order valence-corrected chi connectivity index (χ1v) is 10.9. The van der Waals surface area contributed by atoms with E-state index in [9.17, 15) is 9.90 Å². The lowest BCUT2D eigenvalue weighted by molar-refractivity contribution is -0.116. The van der Waals surface area contributed by atoms with Crippen molar-refractivity contribution in [2.75, 3.05) is 12.4 Å². The van der Waals surface area contributed by atoms with E-state index in [-0.39, 0.29) is 12.4 Å². The van der Waals surface area contributed by atoms with Crippen LogP contribution in [0.15, 0.2) is 29.4 Å². The second kappa shape index (κ2) is 10.6. The van der Waals surface area contributed by atoms with Crippen LogP contribution in [0.5, 0.6) is 5.75 Å². The number of aliphatic hydroxyl groups is 1. The molecule has 0 bridgehead atoms. The summed E-state index contributed by atoms with van der Waals surface area (Å²) in [6.45, 7) is 1.81. The number of benzene rings is 1. The minimum Gasteiger partial charge on any atom is -0.491 e. The largest absolute Gasteiger partial charge is 0.491 e. The number of ether oxygens (including phenoxy) is 1. The molecule has 1 unspecified atom stereocenters. The lowest BCUT2D eigenvalue weighted by Gasteiger charge is -2.22. The van der Waals surface area contributed by atoms with Gasteiger partial charge in [-0.2, -0.15) is 0 Å². The maximum absolute atomic E-state index is 11.1. The molecule has 8 heteroatoms. The van der Waals surface area contributed by atoms with Gasteiger partial charge < -0.3 is 14.6 Å². The van der Waals surface area contributed by atoms with Gasteiger partial charge in [0.05, 0.1) is 12.1 Å². The molecule has 0 radical (unpaired) electrons. The van der Waals surface area contributed by atoms with Gasteiger partial charge in [0.2, 0.25) is 5.16 Å². The molecule has 1 heterocycles. The summed E-state index contributed by atoms with van der Waals surface area (Å²) in [5, 5.41) is 23.1. The van der Waals surface area contributed by atoms with Gasteiger partial charge in [-0.15, -0.1) is 5.10 Å². The van der Waals surface area contributed by atoms with Gasteiger partial charge in [0.15, 0.2) is 0 Å². The summed E-state index contributed by atoms with van der Waals surface area (Å²) in [6, 6.07) is 8.04. The van der Waals surface area contributed by atoms with Crippen LogP contribution in [-0.2, 0) is 11.2 Å². The van der Waals surface area contributed by atoms with E-state index in [0.29, 0.717) is 24.0 Å². The third-order valence-electron chi connectivity index (χ3n) is 4.92. The Morgan fingerprint density at radius 3 is 2.75 bits per heavy atom. The molecule has 2 aromatic rings. The number of tetrazole rings is 1. The molecule has 0 spiro atoms. The summed E-state index contributed by atoms with van der Waals surface area (Å²) in [6.07, 6.45) is 6.64. The number of rotatable bonds is 10. The van der Waals surface area contributed by atoms with Crippen LogP contribution in [-0.4, -0.2) is 49.6 Å². The number of carbonyl (C=O) groups is 1. The van der Waals surface area contributed by atoms with Gasteiger partial charge in [0, 0.05) is 12.2 Å². The number of ketones is 1. The zero-order valence-electron chi connectivity index (χ0n) is 16.3. The van der Waals surface area contributed by atoms with Crippen LogP contribution in [0.2, 0.25) is 0 Å². The number of nitrogens with zero attached hydrogens (tertiary/aromatic N) is 4. The van der Waals surface area contributed by atoms with Crippen LogP contribution in [0.4, 0.5) is 0 Å². The average molecular weight is 405 g/mol. The molecular weight excluding hydrogens is 376 g/mol. The molecule has 1 aromatic carbocycles. The maximum Gasteiger partial charge on any atom is 0.209 e. The lowest BCUT2D eigenvalue weighted by Crippen LogP contribution is -2.21. The van der Waals surface area contributed by atoms with Gasteiger partial charge >= 0.3 is 0 Å². The molecule has 1 aromatic heterocycles. The molecule has 3 rings (SSSR count). The van der Waals surface area contributed by atoms with Crippen LogP contribution < -0.4 is 4.74 Å². The number of Topliss-reactive ketones (excluding diaryl/α,β-unsaturated/α-hetero) is 1. The Morgan fingerprint density at radius 2 is 2.04 bits per heavy atom. The maximum atomic E-state index is 11.1. The van der Waals surface area contributed by atoms with Gasteiger partial charge in [0.25, 0.3) is 0 Å². The normalized spacial score (nSPS) is 16.1. The molecule has 1 aliphatic carbocycles. The van der Waals surface area contributed by atoms with Crippen LogP contribution in [0.25, 0.3) is 0 Å². The van der Waals surface area contributed by atoms with E-state index >= 15 is 0 Å². The first kappa shape index (κ1) is 20.8. The molecule has 0 saturated heterocycles. The molecule has 28 heavy (non-hydrogen) atoms. The highest BCUT2D eigenvalue weighted by molar-refractivity contribution is 7.99. The predicted molar refractivity (Wildman–Crippen MR) is 108 cm³/mol. The Labute approximate surface area is 169 Å². The average Bonchev–Trinajstić information content (AvgIpc) is 3.19. The van der Waals surface area contributed by atoms with E-state index < -0.39 is 6.10 Å². The van der Waals surface area contributed by atoms with Crippen molar-refractivity contribution in [3.63, 3.8) is 0 Å². The smallest absolute Gasteiger partial charge is 0.209 e. The highest BCUT2D eigenvalue weighted by Crippen LogP contribution is 2.30. The molecule has 1 saturated carbocycles. The Morgan fingerprint density at radius 1 is 1.29 bits per heavy atom.